The summed E-state index contributed by atoms with van der Waals surface area (Å²) in [7, 11) is 0. The molecule has 33 heavy (non-hydrogen) atoms. The number of carbonyl (C=O) groups is 1. The summed E-state index contributed by atoms with van der Waals surface area (Å²) in [4.78, 5) is 14.9. The van der Waals surface area contributed by atoms with Gasteiger partial charge in [0.15, 0.2) is 5.78 Å². The molecule has 3 aliphatic rings. The van der Waals surface area contributed by atoms with E-state index in [1.54, 1.807) is 6.92 Å². The number of rotatable bonds is 9. The van der Waals surface area contributed by atoms with Gasteiger partial charge >= 0.3 is 0 Å². The number of allylic oxidation sites excluding steroid dienone is 12. The zero-order valence-electron chi connectivity index (χ0n) is 20.8. The van der Waals surface area contributed by atoms with Gasteiger partial charge in [0.2, 0.25) is 0 Å². The molecule has 0 N–H and O–H groups in total. The molecule has 176 valence electrons. The molecule has 0 aromatic carbocycles. The third-order valence-corrected chi connectivity index (χ3v) is 6.53. The van der Waals surface area contributed by atoms with Crippen LogP contribution in [0, 0.1) is 5.92 Å². The number of ether oxygens (including phenoxy) is 1. The molecular weight excluding hydrogens is 406 g/mol. The predicted octanol–water partition coefficient (Wildman–Crippen LogP) is 6.79. The van der Waals surface area contributed by atoms with Gasteiger partial charge in [-0.25, -0.2) is 0 Å². The minimum absolute atomic E-state index is 0.122. The van der Waals surface area contributed by atoms with Crippen molar-refractivity contribution in [1.29, 1.82) is 0 Å². The van der Waals surface area contributed by atoms with Gasteiger partial charge in [0.1, 0.15) is 11.9 Å². The van der Waals surface area contributed by atoms with Crippen molar-refractivity contribution in [3.8, 4) is 0 Å². The predicted molar refractivity (Wildman–Crippen MR) is 138 cm³/mol. The Bertz CT molecular complexity index is 955. The summed E-state index contributed by atoms with van der Waals surface area (Å²) in [5.41, 5.74) is 7.36. The van der Waals surface area contributed by atoms with E-state index in [-0.39, 0.29) is 5.78 Å². The number of likely N-dealkylation sites (tertiary alicyclic amines) is 1. The van der Waals surface area contributed by atoms with Crippen molar-refractivity contribution in [2.45, 2.75) is 65.9 Å². The molecule has 0 amide bonds. The molecule has 3 rings (SSSR count). The third-order valence-electron chi connectivity index (χ3n) is 6.53. The number of piperidine rings is 1. The van der Waals surface area contributed by atoms with Crippen LogP contribution in [0.15, 0.2) is 88.5 Å². The molecule has 2 aliphatic carbocycles. The summed E-state index contributed by atoms with van der Waals surface area (Å²) in [5.74, 6) is 1.73. The number of nitrogens with zero attached hydrogens (tertiary/aromatic N) is 1. The van der Waals surface area contributed by atoms with Gasteiger partial charge in [-0.2, -0.15) is 0 Å². The lowest BCUT2D eigenvalue weighted by atomic mass is 9.94. The highest BCUT2D eigenvalue weighted by atomic mass is 16.5. The van der Waals surface area contributed by atoms with Crippen LogP contribution >= 0.6 is 0 Å². The fourth-order valence-electron chi connectivity index (χ4n) is 4.56. The van der Waals surface area contributed by atoms with Gasteiger partial charge in [-0.3, -0.25) is 4.79 Å². The Morgan fingerprint density at radius 1 is 1.21 bits per heavy atom. The van der Waals surface area contributed by atoms with E-state index in [2.05, 4.69) is 54.9 Å². The smallest absolute Gasteiger partial charge is 0.160 e. The molecule has 0 spiro atoms. The molecule has 1 heterocycles. The highest BCUT2D eigenvalue weighted by Gasteiger charge is 2.22. The molecule has 0 saturated carbocycles. The second-order valence-corrected chi connectivity index (χ2v) is 9.50. The topological polar surface area (TPSA) is 29.5 Å². The quantitative estimate of drug-likeness (QED) is 0.289. The Labute approximate surface area is 200 Å². The number of ketones is 1. The van der Waals surface area contributed by atoms with Crippen LogP contribution < -0.4 is 0 Å². The molecule has 0 bridgehead atoms. The monoisotopic (exact) mass is 445 g/mol. The van der Waals surface area contributed by atoms with E-state index in [1.807, 2.05) is 31.2 Å². The molecule has 1 aliphatic heterocycles. The number of carbonyl (C=O) groups excluding carboxylic acids is 1. The van der Waals surface area contributed by atoms with Crippen molar-refractivity contribution in [1.82, 2.24) is 4.90 Å². The zero-order chi connectivity index (χ0) is 23.6. The SMILES string of the molecule is CC(=O)/C(=C/CCC(C)CN1CCC(OC2=CCC=C(C)C=C2)CC1)C1=CC=CC=C=C1C. The van der Waals surface area contributed by atoms with Gasteiger partial charge in [-0.15, -0.1) is 5.73 Å². The van der Waals surface area contributed by atoms with Gasteiger partial charge < -0.3 is 9.64 Å². The first-order valence-electron chi connectivity index (χ1n) is 12.4. The maximum Gasteiger partial charge on any atom is 0.160 e. The second-order valence-electron chi connectivity index (χ2n) is 9.50. The molecule has 3 heteroatoms. The highest BCUT2D eigenvalue weighted by molar-refractivity contribution is 5.99. The van der Waals surface area contributed by atoms with E-state index >= 15 is 0 Å². The molecule has 0 aromatic heterocycles. The summed E-state index contributed by atoms with van der Waals surface area (Å²) in [6, 6.07) is 0. The minimum Gasteiger partial charge on any atom is -0.491 e. The Morgan fingerprint density at radius 3 is 2.76 bits per heavy atom. The van der Waals surface area contributed by atoms with Crippen LogP contribution in [0.5, 0.6) is 0 Å². The minimum atomic E-state index is 0.122. The summed E-state index contributed by atoms with van der Waals surface area (Å²) in [6.07, 6.45) is 24.1. The first-order chi connectivity index (χ1) is 15.9. The number of Topliss-reactive ketones (excluding diaryl/α,β-unsaturated/α-hetero) is 1. The Morgan fingerprint density at radius 2 is 2.00 bits per heavy atom. The molecular formula is C30H39NO2. The van der Waals surface area contributed by atoms with Crippen LogP contribution in [-0.2, 0) is 9.53 Å². The van der Waals surface area contributed by atoms with Crippen LogP contribution in [0.25, 0.3) is 0 Å². The van der Waals surface area contributed by atoms with Gasteiger partial charge in [-0.1, -0.05) is 49.0 Å². The number of hydrogen-bond acceptors (Lipinski definition) is 3. The first-order valence-corrected chi connectivity index (χ1v) is 12.4. The standard InChI is InChI=1S/C30H39NO2/c1-23-10-8-13-27(17-16-23)33-28-18-20-31(21-19-28)22-24(2)11-9-15-30(26(4)32)29-14-7-5-6-12-25(29)3/h5-7,10,13-17,24,28H,8-9,11,18-22H2,1-4H3/b30-15-. The summed E-state index contributed by atoms with van der Waals surface area (Å²) in [5, 5.41) is 0. The molecule has 1 unspecified atom stereocenters. The summed E-state index contributed by atoms with van der Waals surface area (Å²) in [6.45, 7) is 11.4. The Kier molecular flexibility index (Phi) is 9.54. The fraction of sp³-hybridized carbons (Fsp3) is 0.467. The molecule has 1 saturated heterocycles. The van der Waals surface area contributed by atoms with Crippen molar-refractivity contribution in [3.63, 3.8) is 0 Å². The van der Waals surface area contributed by atoms with Crippen molar-refractivity contribution in [2.75, 3.05) is 19.6 Å². The van der Waals surface area contributed by atoms with E-state index in [4.69, 9.17) is 4.74 Å². The molecule has 3 nitrogen and oxygen atoms in total. The fourth-order valence-corrected chi connectivity index (χ4v) is 4.56. The van der Waals surface area contributed by atoms with Gasteiger partial charge in [-0.05, 0) is 88.2 Å². The zero-order valence-corrected chi connectivity index (χ0v) is 20.8. The molecule has 0 aromatic rings. The maximum absolute atomic E-state index is 12.3. The normalized spacial score (nSPS) is 20.9. The highest BCUT2D eigenvalue weighted by Crippen LogP contribution is 2.24. The van der Waals surface area contributed by atoms with E-state index in [0.717, 1.165) is 74.2 Å². The number of hydrogen-bond donors (Lipinski definition) is 0. The lowest BCUT2D eigenvalue weighted by Crippen LogP contribution is -2.39. The Balaban J connectivity index is 1.43. The molecule has 1 atom stereocenters. The van der Waals surface area contributed by atoms with Crippen molar-refractivity contribution < 1.29 is 9.53 Å². The average molecular weight is 446 g/mol. The first kappa shape index (κ1) is 25.0. The van der Waals surface area contributed by atoms with E-state index in [0.29, 0.717) is 12.0 Å². The van der Waals surface area contributed by atoms with Crippen LogP contribution in [0.3, 0.4) is 0 Å². The Hall–Kier alpha value is -2.61. The largest absolute Gasteiger partial charge is 0.491 e. The molecule has 0 radical (unpaired) electrons. The van der Waals surface area contributed by atoms with Crippen LogP contribution in [-0.4, -0.2) is 36.4 Å². The van der Waals surface area contributed by atoms with Gasteiger partial charge in [0.25, 0.3) is 0 Å². The van der Waals surface area contributed by atoms with Crippen molar-refractivity contribution in [2.24, 2.45) is 5.92 Å². The van der Waals surface area contributed by atoms with Gasteiger partial charge in [0, 0.05) is 25.2 Å². The average Bonchev–Trinajstić information content (AvgIpc) is 3.12. The maximum atomic E-state index is 12.3. The lowest BCUT2D eigenvalue weighted by molar-refractivity contribution is -0.113. The van der Waals surface area contributed by atoms with E-state index in [9.17, 15) is 4.79 Å². The van der Waals surface area contributed by atoms with Crippen LogP contribution in [0.2, 0.25) is 0 Å². The molecule has 1 fully saturated rings. The summed E-state index contributed by atoms with van der Waals surface area (Å²) < 4.78 is 6.26. The van der Waals surface area contributed by atoms with Crippen LogP contribution in [0.4, 0.5) is 0 Å². The van der Waals surface area contributed by atoms with E-state index < -0.39 is 0 Å². The van der Waals surface area contributed by atoms with Crippen molar-refractivity contribution >= 4 is 5.78 Å². The second kappa shape index (κ2) is 12.6. The van der Waals surface area contributed by atoms with Crippen molar-refractivity contribution in [3.05, 3.63) is 88.5 Å². The lowest BCUT2D eigenvalue weighted by Gasteiger charge is -2.33. The van der Waals surface area contributed by atoms with Crippen LogP contribution in [0.1, 0.15) is 59.8 Å². The van der Waals surface area contributed by atoms with Gasteiger partial charge in [0.05, 0.1) is 0 Å². The summed E-state index contributed by atoms with van der Waals surface area (Å²) >= 11 is 0. The third kappa shape index (κ3) is 8.03. The van der Waals surface area contributed by atoms with E-state index in [1.165, 1.54) is 5.57 Å².